The predicted octanol–water partition coefficient (Wildman–Crippen LogP) is 2.86. The maximum Gasteiger partial charge on any atom is 0.0827 e. The zero-order chi connectivity index (χ0) is 10.8. The van der Waals surface area contributed by atoms with E-state index in [9.17, 15) is 0 Å². The minimum absolute atomic E-state index is 1.08. The summed E-state index contributed by atoms with van der Waals surface area (Å²) < 4.78 is 1.42. The second-order valence-corrected chi connectivity index (χ2v) is 5.70. The fourth-order valence-electron chi connectivity index (χ4n) is 3.48. The first-order valence-electron chi connectivity index (χ1n) is 6.75. The normalized spacial score (nSPS) is 32.9. The van der Waals surface area contributed by atoms with Gasteiger partial charge in [-0.2, -0.15) is 0 Å². The summed E-state index contributed by atoms with van der Waals surface area (Å²) in [5.74, 6) is 1.08. The molecule has 0 N–H and O–H groups in total. The lowest BCUT2D eigenvalue weighted by molar-refractivity contribution is -0.942. The van der Waals surface area contributed by atoms with Crippen molar-refractivity contribution in [2.24, 2.45) is 5.92 Å². The SMILES string of the molecule is c1ccc(CC[N+]23CCC(CC2)CC3)cc1. The summed E-state index contributed by atoms with van der Waals surface area (Å²) in [6, 6.07) is 11.0. The van der Waals surface area contributed by atoms with Gasteiger partial charge in [-0.1, -0.05) is 30.3 Å². The van der Waals surface area contributed by atoms with Crippen LogP contribution in [-0.2, 0) is 6.42 Å². The average Bonchev–Trinajstić information content (AvgIpc) is 2.40. The Bertz CT molecular complexity index is 322. The molecule has 3 fully saturated rings. The van der Waals surface area contributed by atoms with Crippen LogP contribution in [-0.4, -0.2) is 30.7 Å². The predicted molar refractivity (Wildman–Crippen MR) is 67.2 cm³/mol. The van der Waals surface area contributed by atoms with Crippen LogP contribution in [0.15, 0.2) is 30.3 Å². The van der Waals surface area contributed by atoms with Gasteiger partial charge in [-0.05, 0) is 30.7 Å². The van der Waals surface area contributed by atoms with Crippen LogP contribution in [0.5, 0.6) is 0 Å². The third-order valence-corrected chi connectivity index (χ3v) is 4.75. The molecular formula is C15H22N+. The molecule has 0 radical (unpaired) electrons. The van der Waals surface area contributed by atoms with E-state index in [-0.39, 0.29) is 0 Å². The van der Waals surface area contributed by atoms with Crippen LogP contribution in [0.4, 0.5) is 0 Å². The Hall–Kier alpha value is -0.820. The number of benzene rings is 1. The number of piperidine rings is 3. The van der Waals surface area contributed by atoms with Gasteiger partial charge in [0.15, 0.2) is 0 Å². The fourth-order valence-corrected chi connectivity index (χ4v) is 3.48. The van der Waals surface area contributed by atoms with Gasteiger partial charge in [0, 0.05) is 6.42 Å². The number of hydrogen-bond acceptors (Lipinski definition) is 0. The van der Waals surface area contributed by atoms with Crippen LogP contribution in [0.25, 0.3) is 0 Å². The summed E-state index contributed by atoms with van der Waals surface area (Å²) >= 11 is 0. The first-order chi connectivity index (χ1) is 7.86. The monoisotopic (exact) mass is 216 g/mol. The minimum Gasteiger partial charge on any atom is -0.323 e. The van der Waals surface area contributed by atoms with Crippen molar-refractivity contribution in [2.45, 2.75) is 25.7 Å². The zero-order valence-corrected chi connectivity index (χ0v) is 10.1. The summed E-state index contributed by atoms with van der Waals surface area (Å²) in [4.78, 5) is 0. The molecule has 0 atom stereocenters. The van der Waals surface area contributed by atoms with Gasteiger partial charge >= 0.3 is 0 Å². The lowest BCUT2D eigenvalue weighted by Gasteiger charge is -2.49. The van der Waals surface area contributed by atoms with Gasteiger partial charge in [-0.25, -0.2) is 0 Å². The van der Waals surface area contributed by atoms with Crippen LogP contribution in [0.2, 0.25) is 0 Å². The summed E-state index contributed by atoms with van der Waals surface area (Å²) in [6.07, 6.45) is 5.75. The molecule has 3 saturated heterocycles. The molecule has 4 rings (SSSR count). The number of hydrogen-bond donors (Lipinski definition) is 0. The molecule has 0 spiro atoms. The molecule has 86 valence electrons. The largest absolute Gasteiger partial charge is 0.323 e. The van der Waals surface area contributed by atoms with Crippen molar-refractivity contribution < 1.29 is 4.48 Å². The maximum atomic E-state index is 2.27. The number of quaternary nitrogens is 1. The molecule has 1 nitrogen and oxygen atoms in total. The third kappa shape index (κ3) is 2.01. The Labute approximate surface area is 98.7 Å². The van der Waals surface area contributed by atoms with E-state index in [0.717, 1.165) is 5.92 Å². The van der Waals surface area contributed by atoms with Gasteiger partial charge in [-0.3, -0.25) is 0 Å². The quantitative estimate of drug-likeness (QED) is 0.682. The second kappa shape index (κ2) is 4.21. The Morgan fingerprint density at radius 2 is 1.56 bits per heavy atom. The molecule has 3 aliphatic rings. The zero-order valence-electron chi connectivity index (χ0n) is 10.1. The van der Waals surface area contributed by atoms with Gasteiger partial charge in [0.1, 0.15) is 0 Å². The van der Waals surface area contributed by atoms with E-state index in [0.29, 0.717) is 0 Å². The second-order valence-electron chi connectivity index (χ2n) is 5.70. The highest BCUT2D eigenvalue weighted by atomic mass is 15.4. The summed E-state index contributed by atoms with van der Waals surface area (Å²) in [5.41, 5.74) is 1.52. The van der Waals surface area contributed by atoms with Gasteiger partial charge in [0.05, 0.1) is 26.2 Å². The Morgan fingerprint density at radius 3 is 2.19 bits per heavy atom. The summed E-state index contributed by atoms with van der Waals surface area (Å²) in [5, 5.41) is 0. The molecule has 0 saturated carbocycles. The minimum atomic E-state index is 1.08. The van der Waals surface area contributed by atoms with Gasteiger partial charge in [-0.15, -0.1) is 0 Å². The molecule has 2 bridgehead atoms. The van der Waals surface area contributed by atoms with Gasteiger partial charge in [0.2, 0.25) is 0 Å². The molecule has 1 aromatic rings. The van der Waals surface area contributed by atoms with Crippen LogP contribution in [0, 0.1) is 5.92 Å². The van der Waals surface area contributed by atoms with Crippen LogP contribution in [0.1, 0.15) is 24.8 Å². The van der Waals surface area contributed by atoms with Gasteiger partial charge in [0.25, 0.3) is 0 Å². The first-order valence-corrected chi connectivity index (χ1v) is 6.75. The van der Waals surface area contributed by atoms with E-state index in [1.165, 1.54) is 61.9 Å². The van der Waals surface area contributed by atoms with Crippen molar-refractivity contribution in [1.82, 2.24) is 0 Å². The first kappa shape index (κ1) is 10.3. The third-order valence-electron chi connectivity index (χ3n) is 4.75. The van der Waals surface area contributed by atoms with Crippen molar-refractivity contribution in [1.29, 1.82) is 0 Å². The maximum absolute atomic E-state index is 2.27. The van der Waals surface area contributed by atoms with E-state index < -0.39 is 0 Å². The van der Waals surface area contributed by atoms with Crippen LogP contribution in [0.3, 0.4) is 0 Å². The Balaban J connectivity index is 1.62. The number of nitrogens with zero attached hydrogens (tertiary/aromatic N) is 1. The van der Waals surface area contributed by atoms with E-state index in [1.807, 2.05) is 0 Å². The average molecular weight is 216 g/mol. The van der Waals surface area contributed by atoms with Crippen LogP contribution >= 0.6 is 0 Å². The molecule has 1 heteroatoms. The van der Waals surface area contributed by atoms with Crippen molar-refractivity contribution >= 4 is 0 Å². The van der Waals surface area contributed by atoms with Crippen molar-refractivity contribution in [3.05, 3.63) is 35.9 Å². The molecule has 0 unspecified atom stereocenters. The highest BCUT2D eigenvalue weighted by Crippen LogP contribution is 2.33. The van der Waals surface area contributed by atoms with Crippen LogP contribution < -0.4 is 0 Å². The fraction of sp³-hybridized carbons (Fsp3) is 0.600. The molecule has 3 aliphatic heterocycles. The Kier molecular flexibility index (Phi) is 2.72. The molecule has 1 aromatic carbocycles. The lowest BCUT2D eigenvalue weighted by atomic mass is 9.85. The van der Waals surface area contributed by atoms with E-state index in [2.05, 4.69) is 30.3 Å². The molecule has 0 amide bonds. The van der Waals surface area contributed by atoms with Gasteiger partial charge < -0.3 is 4.48 Å². The summed E-state index contributed by atoms with van der Waals surface area (Å²) in [7, 11) is 0. The molecule has 16 heavy (non-hydrogen) atoms. The smallest absolute Gasteiger partial charge is 0.0827 e. The highest BCUT2D eigenvalue weighted by Gasteiger charge is 2.38. The van der Waals surface area contributed by atoms with E-state index >= 15 is 0 Å². The van der Waals surface area contributed by atoms with E-state index in [4.69, 9.17) is 0 Å². The Morgan fingerprint density at radius 1 is 0.938 bits per heavy atom. The van der Waals surface area contributed by atoms with Crippen molar-refractivity contribution in [3.63, 3.8) is 0 Å². The highest BCUT2D eigenvalue weighted by molar-refractivity contribution is 5.14. The molecular weight excluding hydrogens is 194 g/mol. The standard InChI is InChI=1S/C15H22N/c1-2-4-14(5-3-1)6-10-16-11-7-15(8-12-16)9-13-16/h1-5,15H,6-13H2/q+1. The topological polar surface area (TPSA) is 0 Å². The molecule has 0 aromatic heterocycles. The van der Waals surface area contributed by atoms with E-state index in [1.54, 1.807) is 0 Å². The molecule has 3 heterocycles. The van der Waals surface area contributed by atoms with Crippen molar-refractivity contribution in [3.8, 4) is 0 Å². The summed E-state index contributed by atoms with van der Waals surface area (Å²) in [6.45, 7) is 5.74. The number of fused-ring (bicyclic) bond motifs is 3. The molecule has 0 aliphatic carbocycles. The lowest BCUT2D eigenvalue weighted by Crippen LogP contribution is -2.58. The number of rotatable bonds is 3. The van der Waals surface area contributed by atoms with Crippen molar-refractivity contribution in [2.75, 3.05) is 26.2 Å².